The first-order valence-electron chi connectivity index (χ1n) is 7.05. The molecule has 2 aromatic carbocycles. The number of phenolic OH excluding ortho intramolecular Hbond substituents is 1. The molecule has 0 aromatic heterocycles. The van der Waals surface area contributed by atoms with Gasteiger partial charge in [0.15, 0.2) is 5.78 Å². The molecule has 4 nitrogen and oxygen atoms in total. The zero-order valence-electron chi connectivity index (χ0n) is 12.4. The summed E-state index contributed by atoms with van der Waals surface area (Å²) in [4.78, 5) is 23.4. The van der Waals surface area contributed by atoms with Gasteiger partial charge in [0.05, 0.1) is 12.7 Å². The zero-order valence-corrected chi connectivity index (χ0v) is 12.4. The van der Waals surface area contributed by atoms with Crippen molar-refractivity contribution in [3.8, 4) is 11.5 Å². The maximum Gasteiger partial charge on any atom is 0.167 e. The summed E-state index contributed by atoms with van der Waals surface area (Å²) in [5, 5.41) is 9.78. The van der Waals surface area contributed by atoms with Crippen molar-refractivity contribution in [3.05, 3.63) is 59.7 Å². The molecule has 1 N–H and O–H groups in total. The molecule has 0 spiro atoms. The Morgan fingerprint density at radius 1 is 1.18 bits per heavy atom. The Bertz CT molecular complexity index is 664. The first-order valence-corrected chi connectivity index (χ1v) is 7.05. The van der Waals surface area contributed by atoms with Crippen LogP contribution in [0, 0.1) is 0 Å². The summed E-state index contributed by atoms with van der Waals surface area (Å²) in [6.07, 6.45) is 1.16. The molecule has 4 heteroatoms. The van der Waals surface area contributed by atoms with Crippen LogP contribution in [0.4, 0.5) is 0 Å². The van der Waals surface area contributed by atoms with Crippen LogP contribution in [0.1, 0.15) is 34.7 Å². The first kappa shape index (κ1) is 15.8. The van der Waals surface area contributed by atoms with Gasteiger partial charge in [-0.05, 0) is 23.8 Å². The molecular formula is C18H18O4. The average molecular weight is 298 g/mol. The molecule has 0 fully saturated rings. The van der Waals surface area contributed by atoms with Crippen LogP contribution in [-0.2, 0) is 4.79 Å². The van der Waals surface area contributed by atoms with Gasteiger partial charge >= 0.3 is 0 Å². The molecule has 2 rings (SSSR count). The second-order valence-corrected chi connectivity index (χ2v) is 4.99. The Hall–Kier alpha value is -2.62. The molecular weight excluding hydrogens is 280 g/mol. The molecule has 1 atom stereocenters. The highest BCUT2D eigenvalue weighted by Gasteiger charge is 2.21. The highest BCUT2D eigenvalue weighted by atomic mass is 16.5. The van der Waals surface area contributed by atoms with E-state index in [2.05, 4.69) is 0 Å². The largest absolute Gasteiger partial charge is 0.507 e. The van der Waals surface area contributed by atoms with Crippen LogP contribution < -0.4 is 4.74 Å². The Labute approximate surface area is 129 Å². The minimum absolute atomic E-state index is 0.0441. The van der Waals surface area contributed by atoms with Gasteiger partial charge in [0.25, 0.3) is 0 Å². The smallest absolute Gasteiger partial charge is 0.167 e. The highest BCUT2D eigenvalue weighted by Crippen LogP contribution is 2.32. The highest BCUT2D eigenvalue weighted by molar-refractivity contribution is 5.99. The van der Waals surface area contributed by atoms with Crippen LogP contribution in [0.15, 0.2) is 48.5 Å². The Morgan fingerprint density at radius 2 is 1.86 bits per heavy atom. The molecule has 0 aliphatic carbocycles. The number of para-hydroxylation sites is 2. The van der Waals surface area contributed by atoms with Crippen molar-refractivity contribution in [3.63, 3.8) is 0 Å². The van der Waals surface area contributed by atoms with E-state index in [1.807, 2.05) is 18.2 Å². The van der Waals surface area contributed by atoms with Crippen LogP contribution in [0.25, 0.3) is 0 Å². The summed E-state index contributed by atoms with van der Waals surface area (Å²) in [5.41, 5.74) is 1.09. The van der Waals surface area contributed by atoms with Gasteiger partial charge in [0.2, 0.25) is 0 Å². The number of hydrogen-bond acceptors (Lipinski definition) is 4. The van der Waals surface area contributed by atoms with Gasteiger partial charge in [0, 0.05) is 18.8 Å². The summed E-state index contributed by atoms with van der Waals surface area (Å²) in [7, 11) is 1.56. The van der Waals surface area contributed by atoms with E-state index in [1.165, 1.54) is 6.07 Å². The predicted molar refractivity (Wildman–Crippen MR) is 83.5 cm³/mol. The molecule has 0 aliphatic rings. The molecule has 2 aromatic rings. The maximum atomic E-state index is 12.4. The fourth-order valence-electron chi connectivity index (χ4n) is 2.48. The number of Topliss-reactive ketones (excluding diaryl/α,β-unsaturated/α-hetero) is 1. The quantitative estimate of drug-likeness (QED) is 0.629. The monoisotopic (exact) mass is 298 g/mol. The number of benzene rings is 2. The number of methoxy groups -OCH3 is 1. The zero-order chi connectivity index (χ0) is 15.9. The minimum Gasteiger partial charge on any atom is -0.507 e. The van der Waals surface area contributed by atoms with Gasteiger partial charge in [-0.25, -0.2) is 0 Å². The number of ether oxygens (including phenoxy) is 1. The van der Waals surface area contributed by atoms with Crippen LogP contribution in [0.3, 0.4) is 0 Å². The molecule has 22 heavy (non-hydrogen) atoms. The lowest BCUT2D eigenvalue weighted by Gasteiger charge is -2.17. The fraction of sp³-hybridized carbons (Fsp3) is 0.222. The maximum absolute atomic E-state index is 12.4. The Kier molecular flexibility index (Phi) is 5.31. The normalized spacial score (nSPS) is 11.7. The number of aldehydes is 1. The van der Waals surface area contributed by atoms with Gasteiger partial charge in [-0.1, -0.05) is 30.3 Å². The summed E-state index contributed by atoms with van der Waals surface area (Å²) in [6.45, 7) is 0. The van der Waals surface area contributed by atoms with Crippen molar-refractivity contribution >= 4 is 12.1 Å². The fourth-order valence-corrected chi connectivity index (χ4v) is 2.48. The number of carbonyl (C=O) groups excluding carboxylic acids is 2. The molecule has 0 amide bonds. The third-order valence-electron chi connectivity index (χ3n) is 3.60. The molecule has 0 saturated heterocycles. The van der Waals surface area contributed by atoms with E-state index in [9.17, 15) is 14.7 Å². The van der Waals surface area contributed by atoms with Gasteiger partial charge in [-0.2, -0.15) is 0 Å². The van der Waals surface area contributed by atoms with E-state index in [0.29, 0.717) is 5.75 Å². The van der Waals surface area contributed by atoms with Crippen LogP contribution in [0.5, 0.6) is 11.5 Å². The van der Waals surface area contributed by atoms with Gasteiger partial charge in [-0.15, -0.1) is 0 Å². The lowest BCUT2D eigenvalue weighted by atomic mass is 9.88. The third-order valence-corrected chi connectivity index (χ3v) is 3.60. The topological polar surface area (TPSA) is 63.6 Å². The summed E-state index contributed by atoms with van der Waals surface area (Å²) < 4.78 is 5.31. The molecule has 0 saturated carbocycles. The molecule has 114 valence electrons. The summed E-state index contributed by atoms with van der Waals surface area (Å²) >= 11 is 0. The number of aromatic hydroxyl groups is 1. The van der Waals surface area contributed by atoms with Crippen molar-refractivity contribution in [1.82, 2.24) is 0 Å². The van der Waals surface area contributed by atoms with Crippen molar-refractivity contribution in [1.29, 1.82) is 0 Å². The molecule has 0 aliphatic heterocycles. The van der Waals surface area contributed by atoms with Crippen molar-refractivity contribution < 1.29 is 19.4 Å². The van der Waals surface area contributed by atoms with Gasteiger partial charge < -0.3 is 14.6 Å². The Morgan fingerprint density at radius 3 is 2.55 bits per heavy atom. The van der Waals surface area contributed by atoms with E-state index in [1.54, 1.807) is 31.4 Å². The number of phenols is 1. The first-order chi connectivity index (χ1) is 10.7. The minimum atomic E-state index is -0.277. The number of rotatable bonds is 7. The van der Waals surface area contributed by atoms with Crippen molar-refractivity contribution in [2.24, 2.45) is 0 Å². The van der Waals surface area contributed by atoms with E-state index >= 15 is 0 Å². The molecule has 0 unspecified atom stereocenters. The van der Waals surface area contributed by atoms with E-state index < -0.39 is 0 Å². The molecule has 0 radical (unpaired) electrons. The Balaban J connectivity index is 2.27. The van der Waals surface area contributed by atoms with Crippen molar-refractivity contribution in [2.75, 3.05) is 7.11 Å². The third kappa shape index (κ3) is 3.52. The number of hydrogen-bond donors (Lipinski definition) is 1. The standard InChI is InChI=1S/C18H18O4/c1-22-18-9-5-3-6-14(18)13(10-11-19)12-17(21)15-7-2-4-8-16(15)20/h2-9,11,13,20H,10,12H2,1H3/t13-/m0/s1. The number of ketones is 1. The van der Waals surface area contributed by atoms with E-state index in [0.717, 1.165) is 11.8 Å². The van der Waals surface area contributed by atoms with E-state index in [-0.39, 0.29) is 35.9 Å². The molecule has 0 heterocycles. The summed E-state index contributed by atoms with van der Waals surface area (Å²) in [6, 6.07) is 13.8. The van der Waals surface area contributed by atoms with Crippen LogP contribution in [-0.4, -0.2) is 24.3 Å². The SMILES string of the molecule is COc1ccccc1[C@@H](CC=O)CC(=O)c1ccccc1O. The van der Waals surface area contributed by atoms with Gasteiger partial charge in [-0.3, -0.25) is 4.79 Å². The van der Waals surface area contributed by atoms with E-state index in [4.69, 9.17) is 4.74 Å². The second kappa shape index (κ2) is 7.41. The average Bonchev–Trinajstić information content (AvgIpc) is 2.54. The predicted octanol–water partition coefficient (Wildman–Crippen LogP) is 3.35. The van der Waals surface area contributed by atoms with Crippen LogP contribution >= 0.6 is 0 Å². The van der Waals surface area contributed by atoms with Crippen LogP contribution in [0.2, 0.25) is 0 Å². The summed E-state index contributed by atoms with van der Waals surface area (Å²) in [5.74, 6) is 0.133. The lowest BCUT2D eigenvalue weighted by Crippen LogP contribution is -2.10. The lowest BCUT2D eigenvalue weighted by molar-refractivity contribution is -0.108. The van der Waals surface area contributed by atoms with Crippen molar-refractivity contribution in [2.45, 2.75) is 18.8 Å². The molecule has 0 bridgehead atoms. The van der Waals surface area contributed by atoms with Gasteiger partial charge in [0.1, 0.15) is 17.8 Å². The number of carbonyl (C=O) groups is 2. The second-order valence-electron chi connectivity index (χ2n) is 4.99.